The number of anilines is 1. The minimum atomic E-state index is -0.722. The summed E-state index contributed by atoms with van der Waals surface area (Å²) in [4.78, 5) is 18.7. The van der Waals surface area contributed by atoms with Crippen LogP contribution in [0.4, 0.5) is 10.3 Å². The Labute approximate surface area is 89.6 Å². The molecule has 0 aliphatic heterocycles. The van der Waals surface area contributed by atoms with Crippen LogP contribution in [0, 0.1) is 5.95 Å². The molecule has 16 heavy (non-hydrogen) atoms. The van der Waals surface area contributed by atoms with Gasteiger partial charge in [0.2, 0.25) is 11.9 Å². The fourth-order valence-corrected chi connectivity index (χ4v) is 1.01. The predicted molar refractivity (Wildman–Crippen MR) is 52.0 cm³/mol. The summed E-state index contributed by atoms with van der Waals surface area (Å²) in [6.07, 6.45) is 2.75. The Kier molecular flexibility index (Phi) is 2.77. The molecule has 80 valence electrons. The molecule has 2 heterocycles. The Balaban J connectivity index is 2.15. The van der Waals surface area contributed by atoms with E-state index >= 15 is 0 Å². The lowest BCUT2D eigenvalue weighted by atomic mass is 10.3. The number of nitrogens with zero attached hydrogens (tertiary/aromatic N) is 4. The van der Waals surface area contributed by atoms with Crippen molar-refractivity contribution in [2.24, 2.45) is 0 Å². The van der Waals surface area contributed by atoms with Gasteiger partial charge in [0.25, 0.3) is 5.91 Å². The van der Waals surface area contributed by atoms with Gasteiger partial charge in [0.15, 0.2) is 0 Å². The van der Waals surface area contributed by atoms with Crippen LogP contribution >= 0.6 is 0 Å². The lowest BCUT2D eigenvalue weighted by molar-refractivity contribution is 0.102. The summed E-state index contributed by atoms with van der Waals surface area (Å²) in [6.45, 7) is 0. The zero-order valence-electron chi connectivity index (χ0n) is 7.96. The summed E-state index contributed by atoms with van der Waals surface area (Å²) >= 11 is 0. The van der Waals surface area contributed by atoms with E-state index in [1.807, 2.05) is 0 Å². The SMILES string of the molecule is O=C(Nc1nccnn1)c1cccc(F)n1. The first kappa shape index (κ1) is 10.1. The van der Waals surface area contributed by atoms with Crippen LogP contribution in [0.25, 0.3) is 0 Å². The highest BCUT2D eigenvalue weighted by Crippen LogP contribution is 2.01. The quantitative estimate of drug-likeness (QED) is 0.750. The summed E-state index contributed by atoms with van der Waals surface area (Å²) in [5.41, 5.74) is -0.0487. The van der Waals surface area contributed by atoms with Gasteiger partial charge in [-0.25, -0.2) is 9.97 Å². The summed E-state index contributed by atoms with van der Waals surface area (Å²) in [5, 5.41) is 9.41. The molecule has 0 unspecified atom stereocenters. The molecule has 0 saturated carbocycles. The third kappa shape index (κ3) is 2.32. The van der Waals surface area contributed by atoms with Crippen molar-refractivity contribution < 1.29 is 9.18 Å². The highest BCUT2D eigenvalue weighted by molar-refractivity contribution is 6.01. The zero-order valence-corrected chi connectivity index (χ0v) is 7.96. The van der Waals surface area contributed by atoms with E-state index in [0.29, 0.717) is 0 Å². The summed E-state index contributed by atoms with van der Waals surface area (Å²) in [5.74, 6) is -1.27. The average molecular weight is 219 g/mol. The van der Waals surface area contributed by atoms with Gasteiger partial charge in [0, 0.05) is 0 Å². The second kappa shape index (κ2) is 4.39. The van der Waals surface area contributed by atoms with E-state index in [2.05, 4.69) is 25.5 Å². The molecule has 0 bridgehead atoms. The molecule has 1 amide bonds. The molecule has 7 heteroatoms. The fraction of sp³-hybridized carbons (Fsp3) is 0. The molecule has 0 spiro atoms. The molecular weight excluding hydrogens is 213 g/mol. The number of hydrogen-bond acceptors (Lipinski definition) is 5. The van der Waals surface area contributed by atoms with Gasteiger partial charge in [-0.15, -0.1) is 5.10 Å². The van der Waals surface area contributed by atoms with Crippen LogP contribution in [-0.4, -0.2) is 26.1 Å². The van der Waals surface area contributed by atoms with E-state index in [-0.39, 0.29) is 11.6 Å². The molecule has 0 aliphatic carbocycles. The van der Waals surface area contributed by atoms with E-state index in [1.165, 1.54) is 24.5 Å². The van der Waals surface area contributed by atoms with Crippen LogP contribution in [-0.2, 0) is 0 Å². The van der Waals surface area contributed by atoms with Crippen LogP contribution in [0.2, 0.25) is 0 Å². The summed E-state index contributed by atoms with van der Waals surface area (Å²) < 4.78 is 12.7. The fourth-order valence-electron chi connectivity index (χ4n) is 1.01. The Morgan fingerprint density at radius 2 is 2.19 bits per heavy atom. The van der Waals surface area contributed by atoms with Gasteiger partial charge in [-0.3, -0.25) is 10.1 Å². The van der Waals surface area contributed by atoms with Gasteiger partial charge in [0.1, 0.15) is 5.69 Å². The highest BCUT2D eigenvalue weighted by atomic mass is 19.1. The Morgan fingerprint density at radius 3 is 2.88 bits per heavy atom. The number of amides is 1. The molecule has 1 N–H and O–H groups in total. The number of carbonyl (C=O) groups excluding carboxylic acids is 1. The number of carbonyl (C=O) groups is 1. The molecule has 0 fully saturated rings. The Bertz CT molecular complexity index is 504. The van der Waals surface area contributed by atoms with Crippen molar-refractivity contribution >= 4 is 11.9 Å². The third-order valence-corrected chi connectivity index (χ3v) is 1.66. The molecule has 2 aromatic rings. The topological polar surface area (TPSA) is 80.7 Å². The normalized spacial score (nSPS) is 9.81. The Hall–Kier alpha value is -2.44. The van der Waals surface area contributed by atoms with Crippen LogP contribution < -0.4 is 5.32 Å². The first-order chi connectivity index (χ1) is 7.75. The van der Waals surface area contributed by atoms with Crippen LogP contribution in [0.15, 0.2) is 30.6 Å². The van der Waals surface area contributed by atoms with Crippen molar-refractivity contribution in [2.45, 2.75) is 0 Å². The van der Waals surface area contributed by atoms with Gasteiger partial charge >= 0.3 is 0 Å². The number of rotatable bonds is 2. The first-order valence-electron chi connectivity index (χ1n) is 4.33. The number of hydrogen-bond donors (Lipinski definition) is 1. The zero-order chi connectivity index (χ0) is 11.4. The standard InChI is InChI=1S/C9H6FN5O/c10-7-3-1-2-6(13-7)8(16)14-9-11-4-5-12-15-9/h1-5H,(H,11,14,15,16). The number of aromatic nitrogens is 4. The van der Waals surface area contributed by atoms with Gasteiger partial charge < -0.3 is 0 Å². The van der Waals surface area contributed by atoms with Crippen molar-refractivity contribution in [3.05, 3.63) is 42.2 Å². The summed E-state index contributed by atoms with van der Waals surface area (Å²) in [7, 11) is 0. The number of nitrogens with one attached hydrogen (secondary N) is 1. The van der Waals surface area contributed by atoms with Crippen LogP contribution in [0.1, 0.15) is 10.5 Å². The monoisotopic (exact) mass is 219 g/mol. The Morgan fingerprint density at radius 1 is 1.31 bits per heavy atom. The third-order valence-electron chi connectivity index (χ3n) is 1.66. The van der Waals surface area contributed by atoms with E-state index in [4.69, 9.17) is 0 Å². The predicted octanol–water partition coefficient (Wildman–Crippen LogP) is 0.658. The van der Waals surface area contributed by atoms with Gasteiger partial charge in [-0.1, -0.05) is 6.07 Å². The molecule has 6 nitrogen and oxygen atoms in total. The van der Waals surface area contributed by atoms with E-state index in [9.17, 15) is 9.18 Å². The maximum Gasteiger partial charge on any atom is 0.276 e. The van der Waals surface area contributed by atoms with Crippen molar-refractivity contribution in [3.8, 4) is 0 Å². The molecule has 2 rings (SSSR count). The number of pyridine rings is 1. The molecule has 0 aromatic carbocycles. The lowest BCUT2D eigenvalue weighted by Gasteiger charge is -2.01. The maximum atomic E-state index is 12.7. The van der Waals surface area contributed by atoms with Gasteiger partial charge in [-0.05, 0) is 12.1 Å². The maximum absolute atomic E-state index is 12.7. The molecule has 0 aliphatic rings. The number of halogens is 1. The lowest BCUT2D eigenvalue weighted by Crippen LogP contribution is -2.16. The van der Waals surface area contributed by atoms with Crippen molar-refractivity contribution in [1.29, 1.82) is 0 Å². The first-order valence-corrected chi connectivity index (χ1v) is 4.33. The van der Waals surface area contributed by atoms with Gasteiger partial charge in [-0.2, -0.15) is 9.49 Å². The highest BCUT2D eigenvalue weighted by Gasteiger charge is 2.09. The average Bonchev–Trinajstić information content (AvgIpc) is 2.30. The molecule has 0 saturated heterocycles. The second-order valence-corrected chi connectivity index (χ2v) is 2.77. The van der Waals surface area contributed by atoms with E-state index < -0.39 is 11.9 Å². The van der Waals surface area contributed by atoms with Crippen molar-refractivity contribution in [1.82, 2.24) is 20.2 Å². The molecule has 0 radical (unpaired) electrons. The molecule has 2 aromatic heterocycles. The van der Waals surface area contributed by atoms with Crippen molar-refractivity contribution in [3.63, 3.8) is 0 Å². The van der Waals surface area contributed by atoms with E-state index in [0.717, 1.165) is 6.07 Å². The largest absolute Gasteiger partial charge is 0.288 e. The van der Waals surface area contributed by atoms with Crippen LogP contribution in [0.3, 0.4) is 0 Å². The van der Waals surface area contributed by atoms with E-state index in [1.54, 1.807) is 0 Å². The van der Waals surface area contributed by atoms with Crippen LogP contribution in [0.5, 0.6) is 0 Å². The minimum Gasteiger partial charge on any atom is -0.288 e. The second-order valence-electron chi connectivity index (χ2n) is 2.77. The summed E-state index contributed by atoms with van der Waals surface area (Å²) in [6, 6.07) is 3.92. The smallest absolute Gasteiger partial charge is 0.276 e. The van der Waals surface area contributed by atoms with Gasteiger partial charge in [0.05, 0.1) is 12.4 Å². The van der Waals surface area contributed by atoms with Crippen molar-refractivity contribution in [2.75, 3.05) is 5.32 Å². The molecular formula is C9H6FN5O. The molecule has 0 atom stereocenters. The minimum absolute atomic E-state index is 0.0403.